The number of benzene rings is 4. The molecule has 55 heavy (non-hydrogen) atoms. The number of fused-ring (bicyclic) bond motifs is 1. The number of alkyl halides is 3. The monoisotopic (exact) mass is 760 g/mol. The van der Waals surface area contributed by atoms with Gasteiger partial charge in [0.1, 0.15) is 17.9 Å². The van der Waals surface area contributed by atoms with Gasteiger partial charge in [0.25, 0.3) is 5.56 Å². The number of carbonyl (C=O) groups is 2. The van der Waals surface area contributed by atoms with E-state index in [1.54, 1.807) is 52.8 Å². The molecule has 1 aromatic heterocycles. The Morgan fingerprint density at radius 2 is 1.51 bits per heavy atom. The van der Waals surface area contributed by atoms with E-state index in [0.29, 0.717) is 54.4 Å². The minimum atomic E-state index is -4.45. The third-order valence-electron chi connectivity index (χ3n) is 10.8. The average molecular weight is 761 g/mol. The van der Waals surface area contributed by atoms with Crippen molar-refractivity contribution < 1.29 is 36.6 Å². The van der Waals surface area contributed by atoms with Gasteiger partial charge in [-0.2, -0.15) is 18.2 Å². The molecular weight excluding hydrogens is 719 g/mol. The molecule has 1 aliphatic heterocycles. The highest BCUT2D eigenvalue weighted by molar-refractivity contribution is 5.82. The van der Waals surface area contributed by atoms with Gasteiger partial charge < -0.3 is 14.6 Å². The molecule has 288 valence electrons. The van der Waals surface area contributed by atoms with Gasteiger partial charge in [-0.05, 0) is 85.2 Å². The first-order valence-corrected chi connectivity index (χ1v) is 18.2. The van der Waals surface area contributed by atoms with Gasteiger partial charge in [0.15, 0.2) is 11.6 Å². The number of aryl methyl sites for hydroxylation is 2. The third-order valence-corrected chi connectivity index (χ3v) is 10.8. The topological polar surface area (TPSA) is 95.7 Å². The van der Waals surface area contributed by atoms with Gasteiger partial charge in [0, 0.05) is 32.1 Å². The van der Waals surface area contributed by atoms with Crippen LogP contribution in [0.2, 0.25) is 0 Å². The van der Waals surface area contributed by atoms with Gasteiger partial charge in [0.2, 0.25) is 5.91 Å². The van der Waals surface area contributed by atoms with Gasteiger partial charge in [-0.25, -0.2) is 8.78 Å². The van der Waals surface area contributed by atoms with Crippen LogP contribution in [-0.4, -0.2) is 61.0 Å². The Balaban J connectivity index is 1.31. The first-order chi connectivity index (χ1) is 26.2. The van der Waals surface area contributed by atoms with Crippen molar-refractivity contribution in [2.45, 2.75) is 76.8 Å². The largest absolute Gasteiger partial charge is 0.480 e. The molecule has 0 saturated carbocycles. The van der Waals surface area contributed by atoms with E-state index in [9.17, 15) is 41.4 Å². The smallest absolute Gasteiger partial charge is 0.416 e. The molecule has 2 heterocycles. The number of carboxylic acids is 1. The number of nitrogens with zero attached hydrogens (tertiary/aromatic N) is 4. The van der Waals surface area contributed by atoms with E-state index in [1.807, 2.05) is 24.0 Å². The summed E-state index contributed by atoms with van der Waals surface area (Å²) in [5.74, 6) is -2.96. The van der Waals surface area contributed by atoms with Crippen LogP contribution in [-0.2, 0) is 41.7 Å². The number of carbonyl (C=O) groups excluding carboxylic acids is 1. The Labute approximate surface area is 314 Å². The Morgan fingerprint density at radius 3 is 2.13 bits per heavy atom. The molecule has 1 fully saturated rings. The van der Waals surface area contributed by atoms with E-state index in [1.165, 1.54) is 24.3 Å². The maximum Gasteiger partial charge on any atom is 0.416 e. The van der Waals surface area contributed by atoms with Crippen molar-refractivity contribution in [1.29, 1.82) is 0 Å². The molecule has 8 nitrogen and oxygen atoms in total. The van der Waals surface area contributed by atoms with Crippen molar-refractivity contribution in [2.24, 2.45) is 0 Å². The highest BCUT2D eigenvalue weighted by atomic mass is 19.4. The predicted octanol–water partition coefficient (Wildman–Crippen LogP) is 7.89. The molecule has 13 heteroatoms. The van der Waals surface area contributed by atoms with Crippen molar-refractivity contribution >= 4 is 22.8 Å². The average Bonchev–Trinajstić information content (AvgIpc) is 3.18. The number of halogens is 5. The number of hydrogen-bond donors (Lipinski definition) is 1. The van der Waals surface area contributed by atoms with Crippen LogP contribution in [0, 0.1) is 11.6 Å². The van der Waals surface area contributed by atoms with Crippen LogP contribution in [0.3, 0.4) is 0 Å². The third kappa shape index (κ3) is 8.46. The summed E-state index contributed by atoms with van der Waals surface area (Å²) in [6, 6.07) is 22.4. The van der Waals surface area contributed by atoms with Gasteiger partial charge in [-0.1, -0.05) is 67.6 Å². The normalized spacial score (nSPS) is 15.2. The molecule has 1 amide bonds. The molecular formula is C42H41F5N4O4. The zero-order valence-electron chi connectivity index (χ0n) is 30.5. The van der Waals surface area contributed by atoms with Crippen molar-refractivity contribution in [2.75, 3.05) is 13.1 Å². The lowest BCUT2D eigenvalue weighted by Gasteiger charge is -2.44. The van der Waals surface area contributed by atoms with Gasteiger partial charge in [0.05, 0.1) is 16.5 Å². The zero-order chi connectivity index (χ0) is 39.5. The molecule has 0 aliphatic carbocycles. The molecule has 1 unspecified atom stereocenters. The molecule has 1 N–H and O–H groups in total. The molecule has 0 bridgehead atoms. The van der Waals surface area contributed by atoms with Crippen molar-refractivity contribution in [3.05, 3.63) is 135 Å². The second-order valence-corrected chi connectivity index (χ2v) is 14.1. The highest BCUT2D eigenvalue weighted by Crippen LogP contribution is 2.32. The number of likely N-dealkylation sites (tertiary alicyclic amines) is 1. The number of carboxylic acid groups (broad SMARTS) is 1. The molecule has 6 rings (SSSR count). The first kappa shape index (κ1) is 39.3. The Hall–Kier alpha value is -5.43. The van der Waals surface area contributed by atoms with Gasteiger partial charge in [-0.3, -0.25) is 19.3 Å². The quantitative estimate of drug-likeness (QED) is 0.130. The number of aliphatic carboxylic acids is 1. The summed E-state index contributed by atoms with van der Waals surface area (Å²) in [5.41, 5.74) is 0.302. The first-order valence-electron chi connectivity index (χ1n) is 18.2. The zero-order valence-corrected chi connectivity index (χ0v) is 30.5. The number of aromatic nitrogens is 2. The number of rotatable bonds is 12. The van der Waals surface area contributed by atoms with Gasteiger partial charge >= 0.3 is 12.1 Å². The minimum absolute atomic E-state index is 0.0236. The number of para-hydroxylation sites is 1. The van der Waals surface area contributed by atoms with E-state index in [2.05, 4.69) is 4.98 Å². The number of amides is 1. The fourth-order valence-electron chi connectivity index (χ4n) is 7.30. The lowest BCUT2D eigenvalue weighted by molar-refractivity contribution is -0.153. The maximum atomic E-state index is 14.6. The summed E-state index contributed by atoms with van der Waals surface area (Å²) in [4.78, 5) is 47.9. The molecule has 1 atom stereocenters. The summed E-state index contributed by atoms with van der Waals surface area (Å²) in [7, 11) is 0. The fraction of sp³-hybridized carbons (Fsp3) is 0.333. The van der Waals surface area contributed by atoms with Crippen LogP contribution >= 0.6 is 0 Å². The molecule has 1 saturated heterocycles. The second kappa shape index (κ2) is 16.1. The minimum Gasteiger partial charge on any atom is -0.480 e. The Bertz CT molecular complexity index is 2230. The highest BCUT2D eigenvalue weighted by Gasteiger charge is 2.41. The molecule has 0 radical (unpaired) electrons. The van der Waals surface area contributed by atoms with Gasteiger partial charge in [-0.15, -0.1) is 0 Å². The molecule has 5 aromatic rings. The van der Waals surface area contributed by atoms with Crippen LogP contribution < -0.4 is 5.56 Å². The van der Waals surface area contributed by atoms with Crippen LogP contribution in [0.4, 0.5) is 22.0 Å². The summed E-state index contributed by atoms with van der Waals surface area (Å²) < 4.78 is 69.7. The predicted molar refractivity (Wildman–Crippen MR) is 198 cm³/mol. The summed E-state index contributed by atoms with van der Waals surface area (Å²) in [6.07, 6.45) is -3.00. The van der Waals surface area contributed by atoms with E-state index in [0.717, 1.165) is 23.8 Å². The molecule has 4 aromatic carbocycles. The maximum absolute atomic E-state index is 14.6. The lowest BCUT2D eigenvalue weighted by Crippen LogP contribution is -2.57. The Morgan fingerprint density at radius 1 is 0.873 bits per heavy atom. The molecule has 1 aliphatic rings. The molecule has 0 spiro atoms. The summed E-state index contributed by atoms with van der Waals surface area (Å²) in [5, 5.41) is 10.3. The van der Waals surface area contributed by atoms with Crippen LogP contribution in [0.25, 0.3) is 22.0 Å². The standard InChI is InChI=1S/C42H41F5N4O4/c1-3-41(2,40(54)55)49-23-21-32(22-24-49)50(25-27-11-13-28(14-12-27)29-15-18-31(19-16-29)42(45,46)47)37(52)26-51-35-10-5-4-8-33(35)39(53)48-36(51)20-17-30-7-6-9-34(43)38(30)44/h4-16,18-19,32H,3,17,20-26H2,1-2H3,(H,54,55). The lowest BCUT2D eigenvalue weighted by atomic mass is 9.91. The Kier molecular flexibility index (Phi) is 11.5. The van der Waals surface area contributed by atoms with E-state index >= 15 is 0 Å². The van der Waals surface area contributed by atoms with Crippen molar-refractivity contribution in [1.82, 2.24) is 19.4 Å². The number of piperidine rings is 1. The summed E-state index contributed by atoms with van der Waals surface area (Å²) >= 11 is 0. The van der Waals surface area contributed by atoms with Crippen LogP contribution in [0.15, 0.2) is 95.8 Å². The van der Waals surface area contributed by atoms with Crippen molar-refractivity contribution in [3.8, 4) is 11.1 Å². The van der Waals surface area contributed by atoms with E-state index < -0.39 is 40.4 Å². The van der Waals surface area contributed by atoms with E-state index in [4.69, 9.17) is 0 Å². The van der Waals surface area contributed by atoms with Crippen molar-refractivity contribution in [3.63, 3.8) is 0 Å². The van der Waals surface area contributed by atoms with Crippen LogP contribution in [0.5, 0.6) is 0 Å². The van der Waals surface area contributed by atoms with Crippen LogP contribution in [0.1, 0.15) is 55.6 Å². The second-order valence-electron chi connectivity index (χ2n) is 14.1. The fourth-order valence-corrected chi connectivity index (χ4v) is 7.30. The number of hydrogen-bond acceptors (Lipinski definition) is 5. The summed E-state index contributed by atoms with van der Waals surface area (Å²) in [6.45, 7) is 4.35. The SMILES string of the molecule is CCC(C)(C(=O)O)N1CCC(N(Cc2ccc(-c3ccc(C(F)(F)F)cc3)cc2)C(=O)Cn2c(CCc3cccc(F)c3F)nc(=O)c3ccccc32)CC1. The van der Waals surface area contributed by atoms with E-state index in [-0.39, 0.29) is 49.3 Å².